The largest absolute Gasteiger partial charge is 0.469 e. The van der Waals surface area contributed by atoms with Crippen molar-refractivity contribution in [2.45, 2.75) is 25.6 Å². The number of hydrogen-bond donors (Lipinski definition) is 1. The molecule has 1 unspecified atom stereocenters. The molecule has 0 aliphatic rings. The first-order valence-corrected chi connectivity index (χ1v) is 5.96. The second-order valence-electron chi connectivity index (χ2n) is 4.13. The molecular formula is C13H15F4NO2. The highest BCUT2D eigenvalue weighted by Gasteiger charge is 2.34. The molecule has 7 heteroatoms. The molecule has 1 atom stereocenters. The topological polar surface area (TPSA) is 38.3 Å². The van der Waals surface area contributed by atoms with Crippen LogP contribution in [0.25, 0.3) is 0 Å². The quantitative estimate of drug-likeness (QED) is 0.670. The van der Waals surface area contributed by atoms with E-state index < -0.39 is 29.6 Å². The van der Waals surface area contributed by atoms with E-state index in [1.54, 1.807) is 6.92 Å². The standard InChI is InChI=1S/C13H15F4NO2/c1-3-18-11(7-12(19)20-2)8-4-5-10(14)9(6-8)13(15,16)17/h4-6,11,18H,3,7H2,1-2H3. The molecule has 0 radical (unpaired) electrons. The Bertz CT molecular complexity index is 474. The monoisotopic (exact) mass is 293 g/mol. The Morgan fingerprint density at radius 1 is 1.40 bits per heavy atom. The van der Waals surface area contributed by atoms with E-state index in [2.05, 4.69) is 10.1 Å². The average molecular weight is 293 g/mol. The van der Waals surface area contributed by atoms with Gasteiger partial charge in [0.05, 0.1) is 19.1 Å². The number of nitrogens with one attached hydrogen (secondary N) is 1. The predicted octanol–water partition coefficient (Wildman–Crippen LogP) is 3.06. The van der Waals surface area contributed by atoms with E-state index in [1.807, 2.05) is 0 Å². The van der Waals surface area contributed by atoms with E-state index >= 15 is 0 Å². The summed E-state index contributed by atoms with van der Waals surface area (Å²) in [6.07, 6.45) is -4.91. The second-order valence-corrected chi connectivity index (χ2v) is 4.13. The van der Waals surface area contributed by atoms with Crippen molar-refractivity contribution in [1.29, 1.82) is 0 Å². The van der Waals surface area contributed by atoms with Crippen molar-refractivity contribution in [2.24, 2.45) is 0 Å². The Balaban J connectivity index is 3.11. The van der Waals surface area contributed by atoms with Crippen LogP contribution in [0, 0.1) is 5.82 Å². The van der Waals surface area contributed by atoms with Gasteiger partial charge in [-0.25, -0.2) is 4.39 Å². The first-order valence-electron chi connectivity index (χ1n) is 5.96. The lowest BCUT2D eigenvalue weighted by atomic mass is 10.0. The van der Waals surface area contributed by atoms with Crippen LogP contribution in [0.2, 0.25) is 0 Å². The molecule has 1 aromatic rings. The molecule has 0 aliphatic heterocycles. The molecular weight excluding hydrogens is 278 g/mol. The number of hydrogen-bond acceptors (Lipinski definition) is 3. The van der Waals surface area contributed by atoms with E-state index in [-0.39, 0.29) is 12.0 Å². The van der Waals surface area contributed by atoms with Gasteiger partial charge in [-0.05, 0) is 24.2 Å². The zero-order chi connectivity index (χ0) is 15.3. The number of rotatable bonds is 5. The van der Waals surface area contributed by atoms with Gasteiger partial charge < -0.3 is 10.1 Å². The van der Waals surface area contributed by atoms with Crippen molar-refractivity contribution >= 4 is 5.97 Å². The fourth-order valence-corrected chi connectivity index (χ4v) is 1.78. The fraction of sp³-hybridized carbons (Fsp3) is 0.462. The molecule has 0 amide bonds. The average Bonchev–Trinajstić information content (AvgIpc) is 2.37. The van der Waals surface area contributed by atoms with Gasteiger partial charge in [0.2, 0.25) is 0 Å². The molecule has 0 bridgehead atoms. The molecule has 20 heavy (non-hydrogen) atoms. The lowest BCUT2D eigenvalue weighted by molar-refractivity contribution is -0.141. The van der Waals surface area contributed by atoms with Gasteiger partial charge in [-0.2, -0.15) is 13.2 Å². The summed E-state index contributed by atoms with van der Waals surface area (Å²) in [6, 6.07) is 2.03. The van der Waals surface area contributed by atoms with Gasteiger partial charge in [-0.3, -0.25) is 4.79 Å². The number of halogens is 4. The van der Waals surface area contributed by atoms with Gasteiger partial charge in [-0.1, -0.05) is 13.0 Å². The maximum Gasteiger partial charge on any atom is 0.419 e. The highest BCUT2D eigenvalue weighted by molar-refractivity contribution is 5.70. The molecule has 1 aromatic carbocycles. The SMILES string of the molecule is CCNC(CC(=O)OC)c1ccc(F)c(C(F)(F)F)c1. The van der Waals surface area contributed by atoms with Crippen LogP contribution in [0.15, 0.2) is 18.2 Å². The summed E-state index contributed by atoms with van der Waals surface area (Å²) < 4.78 is 55.7. The molecule has 0 aromatic heterocycles. The Morgan fingerprint density at radius 3 is 2.55 bits per heavy atom. The first kappa shape index (κ1) is 16.4. The lowest BCUT2D eigenvalue weighted by Crippen LogP contribution is -2.24. The van der Waals surface area contributed by atoms with Gasteiger partial charge in [-0.15, -0.1) is 0 Å². The molecule has 0 heterocycles. The van der Waals surface area contributed by atoms with Crippen molar-refractivity contribution in [3.05, 3.63) is 35.1 Å². The Labute approximate surface area is 113 Å². The van der Waals surface area contributed by atoms with Crippen LogP contribution >= 0.6 is 0 Å². The van der Waals surface area contributed by atoms with Crippen LogP contribution in [0.1, 0.15) is 30.5 Å². The van der Waals surface area contributed by atoms with Crippen LogP contribution in [-0.2, 0) is 15.7 Å². The number of alkyl halides is 3. The van der Waals surface area contributed by atoms with Crippen LogP contribution < -0.4 is 5.32 Å². The van der Waals surface area contributed by atoms with E-state index in [4.69, 9.17) is 0 Å². The zero-order valence-electron chi connectivity index (χ0n) is 11.1. The minimum absolute atomic E-state index is 0.132. The molecule has 112 valence electrons. The summed E-state index contributed by atoms with van der Waals surface area (Å²) in [5, 5.41) is 2.87. The van der Waals surface area contributed by atoms with Gasteiger partial charge in [0, 0.05) is 6.04 Å². The molecule has 0 saturated carbocycles. The molecule has 0 saturated heterocycles. The number of benzene rings is 1. The molecule has 0 aliphatic carbocycles. The van der Waals surface area contributed by atoms with Crippen molar-refractivity contribution in [2.75, 3.05) is 13.7 Å². The maximum absolute atomic E-state index is 13.2. The summed E-state index contributed by atoms with van der Waals surface area (Å²) in [5.74, 6) is -1.90. The smallest absolute Gasteiger partial charge is 0.419 e. The van der Waals surface area contributed by atoms with Crippen LogP contribution in [0.5, 0.6) is 0 Å². The van der Waals surface area contributed by atoms with Crippen LogP contribution in [-0.4, -0.2) is 19.6 Å². The number of carbonyl (C=O) groups excluding carboxylic acids is 1. The van der Waals surface area contributed by atoms with Gasteiger partial charge >= 0.3 is 12.1 Å². The summed E-state index contributed by atoms with van der Waals surface area (Å²) in [5.41, 5.74) is -1.16. The highest BCUT2D eigenvalue weighted by atomic mass is 19.4. The van der Waals surface area contributed by atoms with E-state index in [0.717, 1.165) is 6.07 Å². The molecule has 1 N–H and O–H groups in total. The fourth-order valence-electron chi connectivity index (χ4n) is 1.78. The van der Waals surface area contributed by atoms with Crippen molar-refractivity contribution < 1.29 is 27.1 Å². The minimum Gasteiger partial charge on any atom is -0.469 e. The van der Waals surface area contributed by atoms with Crippen LogP contribution in [0.3, 0.4) is 0 Å². The molecule has 3 nitrogen and oxygen atoms in total. The summed E-state index contributed by atoms with van der Waals surface area (Å²) in [4.78, 5) is 11.3. The highest BCUT2D eigenvalue weighted by Crippen LogP contribution is 2.33. The van der Waals surface area contributed by atoms with Gasteiger partial charge in [0.25, 0.3) is 0 Å². The van der Waals surface area contributed by atoms with E-state index in [0.29, 0.717) is 12.6 Å². The zero-order valence-corrected chi connectivity index (χ0v) is 11.1. The molecule has 1 rings (SSSR count). The minimum atomic E-state index is -4.78. The Morgan fingerprint density at radius 2 is 2.05 bits per heavy atom. The first-order chi connectivity index (χ1) is 9.29. The van der Waals surface area contributed by atoms with Gasteiger partial charge in [0.1, 0.15) is 5.82 Å². The van der Waals surface area contributed by atoms with Crippen molar-refractivity contribution in [3.63, 3.8) is 0 Å². The number of carbonyl (C=O) groups is 1. The molecule has 0 spiro atoms. The normalized spacial score (nSPS) is 13.1. The number of methoxy groups -OCH3 is 1. The predicted molar refractivity (Wildman–Crippen MR) is 64.5 cm³/mol. The lowest BCUT2D eigenvalue weighted by Gasteiger charge is -2.19. The third-order valence-electron chi connectivity index (χ3n) is 2.75. The third kappa shape index (κ3) is 4.19. The number of ether oxygens (including phenoxy) is 1. The maximum atomic E-state index is 13.2. The second kappa shape index (κ2) is 6.69. The summed E-state index contributed by atoms with van der Waals surface area (Å²) in [7, 11) is 1.19. The molecule has 0 fully saturated rings. The summed E-state index contributed by atoms with van der Waals surface area (Å²) >= 11 is 0. The number of esters is 1. The van der Waals surface area contributed by atoms with E-state index in [1.165, 1.54) is 13.2 Å². The Kier molecular flexibility index (Phi) is 5.50. The van der Waals surface area contributed by atoms with Crippen LogP contribution in [0.4, 0.5) is 17.6 Å². The van der Waals surface area contributed by atoms with Crippen molar-refractivity contribution in [3.8, 4) is 0 Å². The Hall–Kier alpha value is -1.63. The van der Waals surface area contributed by atoms with E-state index in [9.17, 15) is 22.4 Å². The van der Waals surface area contributed by atoms with Crippen molar-refractivity contribution in [1.82, 2.24) is 5.32 Å². The third-order valence-corrected chi connectivity index (χ3v) is 2.75. The summed E-state index contributed by atoms with van der Waals surface area (Å²) in [6.45, 7) is 2.19. The van der Waals surface area contributed by atoms with Gasteiger partial charge in [0.15, 0.2) is 0 Å².